The molecule has 0 aliphatic carbocycles. The number of anilines is 3. The van der Waals surface area contributed by atoms with Crippen LogP contribution in [0.5, 0.6) is 0 Å². The van der Waals surface area contributed by atoms with Gasteiger partial charge in [-0.05, 0) is 6.07 Å². The molecule has 0 saturated heterocycles. The molecule has 3 aromatic rings. The number of hydrogen-bond donors (Lipinski definition) is 4. The molecule has 3 rings (SSSR count). The van der Waals surface area contributed by atoms with Gasteiger partial charge in [-0.3, -0.25) is 4.79 Å². The number of nitrogens with one attached hydrogen (secondary N) is 3. The lowest BCUT2D eigenvalue weighted by Gasteiger charge is -2.19. The maximum absolute atomic E-state index is 14.0. The minimum atomic E-state index is -0.750. The Hall–Kier alpha value is -3.24. The van der Waals surface area contributed by atoms with E-state index in [1.807, 2.05) is 0 Å². The van der Waals surface area contributed by atoms with Gasteiger partial charge >= 0.3 is 0 Å². The van der Waals surface area contributed by atoms with E-state index in [-0.39, 0.29) is 34.9 Å². The normalized spacial score (nSPS) is 11.7. The van der Waals surface area contributed by atoms with Gasteiger partial charge in [0.2, 0.25) is 11.9 Å². The van der Waals surface area contributed by atoms with Gasteiger partial charge in [0.05, 0.1) is 25.0 Å². The van der Waals surface area contributed by atoms with Crippen LogP contribution in [-0.4, -0.2) is 37.5 Å². The van der Waals surface area contributed by atoms with Crippen molar-refractivity contribution in [2.45, 2.75) is 13.0 Å². The van der Waals surface area contributed by atoms with Gasteiger partial charge in [-0.1, -0.05) is 29.8 Å². The molecule has 0 aliphatic heterocycles. The lowest BCUT2D eigenvalue weighted by atomic mass is 10.1. The molecule has 0 fully saturated rings. The molecule has 11 heteroatoms. The quantitative estimate of drug-likeness (QED) is 0.477. The number of rotatable bonds is 7. The van der Waals surface area contributed by atoms with Gasteiger partial charge in [-0.2, -0.15) is 9.77 Å². The molecule has 1 unspecified atom stereocenters. The zero-order chi connectivity index (χ0) is 20.1. The van der Waals surface area contributed by atoms with E-state index in [1.54, 1.807) is 30.5 Å². The first-order valence-electron chi connectivity index (χ1n) is 8.21. The third-order valence-electron chi connectivity index (χ3n) is 3.62. The Morgan fingerprint density at radius 1 is 1.36 bits per heavy atom. The van der Waals surface area contributed by atoms with Crippen LogP contribution >= 0.6 is 11.6 Å². The predicted molar refractivity (Wildman–Crippen MR) is 102 cm³/mol. The number of carbonyl (C=O) groups excluding carboxylic acids is 1. The summed E-state index contributed by atoms with van der Waals surface area (Å²) in [6.07, 6.45) is 2.90. The number of carbonyl (C=O) groups is 1. The number of hydrogen-bond acceptors (Lipinski definition) is 7. The van der Waals surface area contributed by atoms with E-state index < -0.39 is 11.9 Å². The molecule has 0 saturated carbocycles. The van der Waals surface area contributed by atoms with Crippen LogP contribution in [0, 0.1) is 5.82 Å². The third kappa shape index (κ3) is 4.72. The highest BCUT2D eigenvalue weighted by atomic mass is 35.5. The van der Waals surface area contributed by atoms with Crippen LogP contribution in [0.25, 0.3) is 0 Å². The van der Waals surface area contributed by atoms with Crippen molar-refractivity contribution in [2.24, 2.45) is 0 Å². The maximum Gasteiger partial charge on any atom is 0.236 e. The predicted octanol–water partition coefficient (Wildman–Crippen LogP) is 2.44. The first-order valence-corrected chi connectivity index (χ1v) is 8.58. The molecule has 0 radical (unpaired) electrons. The molecule has 0 spiro atoms. The van der Waals surface area contributed by atoms with Gasteiger partial charge < -0.3 is 15.7 Å². The molecule has 0 bridgehead atoms. The van der Waals surface area contributed by atoms with Crippen molar-refractivity contribution in [3.05, 3.63) is 59.1 Å². The lowest BCUT2D eigenvalue weighted by molar-refractivity contribution is -0.115. The van der Waals surface area contributed by atoms with Crippen LogP contribution < -0.4 is 16.1 Å². The van der Waals surface area contributed by atoms with E-state index in [1.165, 1.54) is 24.0 Å². The number of aromatic nitrogens is 4. The number of benzene rings is 1. The summed E-state index contributed by atoms with van der Waals surface area (Å²) in [6, 6.07) is 6.96. The molecule has 0 aliphatic rings. The minimum absolute atomic E-state index is 0.171. The largest absolute Gasteiger partial charge is 0.394 e. The molecule has 146 valence electrons. The van der Waals surface area contributed by atoms with Crippen molar-refractivity contribution in [3.63, 3.8) is 0 Å². The second-order valence-electron chi connectivity index (χ2n) is 5.73. The first kappa shape index (κ1) is 19.5. The van der Waals surface area contributed by atoms with Crippen LogP contribution in [0.2, 0.25) is 5.02 Å². The number of aliphatic hydroxyl groups excluding tert-OH is 1. The fourth-order valence-corrected chi connectivity index (χ4v) is 2.55. The van der Waals surface area contributed by atoms with Crippen molar-refractivity contribution in [2.75, 3.05) is 22.7 Å². The third-order valence-corrected chi connectivity index (χ3v) is 3.90. The number of aliphatic hydroxyl groups is 1. The molecule has 9 nitrogen and oxygen atoms in total. The molecule has 2 heterocycles. The Kier molecular flexibility index (Phi) is 6.02. The van der Waals surface area contributed by atoms with Crippen molar-refractivity contribution in [3.8, 4) is 0 Å². The van der Waals surface area contributed by atoms with Gasteiger partial charge in [-0.25, -0.2) is 14.8 Å². The Labute approximate surface area is 164 Å². The summed E-state index contributed by atoms with van der Waals surface area (Å²) in [5.74, 6) is 0.0379. The second-order valence-corrected chi connectivity index (χ2v) is 6.14. The summed E-state index contributed by atoms with van der Waals surface area (Å²) < 4.78 is 14.0. The van der Waals surface area contributed by atoms with Crippen LogP contribution in [0.1, 0.15) is 18.5 Å². The highest BCUT2D eigenvalue weighted by Crippen LogP contribution is 2.26. The molecule has 28 heavy (non-hydrogen) atoms. The zero-order valence-electron chi connectivity index (χ0n) is 14.7. The van der Waals surface area contributed by atoms with E-state index in [0.717, 1.165) is 0 Å². The Morgan fingerprint density at radius 2 is 2.14 bits per heavy atom. The van der Waals surface area contributed by atoms with Crippen LogP contribution in [0.4, 0.5) is 22.0 Å². The SMILES string of the molecule is CC(=O)Nn1ccc(Nc2ncc(Cl)c(NC(CO)c3ccccc3F)n2)n1. The molecule has 4 N–H and O–H groups in total. The summed E-state index contributed by atoms with van der Waals surface area (Å²) in [4.78, 5) is 20.6. The Bertz CT molecular complexity index is 982. The van der Waals surface area contributed by atoms with Gasteiger partial charge in [0.15, 0.2) is 11.6 Å². The molecule has 2 aromatic heterocycles. The van der Waals surface area contributed by atoms with E-state index in [9.17, 15) is 14.3 Å². The van der Waals surface area contributed by atoms with Gasteiger partial charge in [0, 0.05) is 18.6 Å². The van der Waals surface area contributed by atoms with Crippen molar-refractivity contribution in [1.82, 2.24) is 19.9 Å². The highest BCUT2D eigenvalue weighted by molar-refractivity contribution is 6.32. The monoisotopic (exact) mass is 405 g/mol. The molecular formula is C17H17ClFN7O2. The first-order chi connectivity index (χ1) is 13.5. The van der Waals surface area contributed by atoms with E-state index >= 15 is 0 Å². The second kappa shape index (κ2) is 8.63. The molecule has 1 aromatic carbocycles. The highest BCUT2D eigenvalue weighted by Gasteiger charge is 2.17. The summed E-state index contributed by atoms with van der Waals surface area (Å²) in [5, 5.41) is 19.7. The number of nitrogens with zero attached hydrogens (tertiary/aromatic N) is 4. The summed E-state index contributed by atoms with van der Waals surface area (Å²) in [5.41, 5.74) is 2.76. The topological polar surface area (TPSA) is 117 Å². The summed E-state index contributed by atoms with van der Waals surface area (Å²) in [6.45, 7) is 0.993. The fourth-order valence-electron chi connectivity index (χ4n) is 2.40. The van der Waals surface area contributed by atoms with Crippen LogP contribution in [0.3, 0.4) is 0 Å². The average molecular weight is 406 g/mol. The van der Waals surface area contributed by atoms with Crippen molar-refractivity contribution < 1.29 is 14.3 Å². The molecule has 1 amide bonds. The van der Waals surface area contributed by atoms with Crippen molar-refractivity contribution in [1.29, 1.82) is 0 Å². The fraction of sp³-hybridized carbons (Fsp3) is 0.176. The Morgan fingerprint density at radius 3 is 2.86 bits per heavy atom. The Balaban J connectivity index is 1.78. The zero-order valence-corrected chi connectivity index (χ0v) is 15.5. The summed E-state index contributed by atoms with van der Waals surface area (Å²) >= 11 is 6.13. The van der Waals surface area contributed by atoms with Crippen LogP contribution in [0.15, 0.2) is 42.7 Å². The maximum atomic E-state index is 14.0. The standard InChI is InChI=1S/C17H17ClFN7O2/c1-10(28)24-26-7-6-15(25-26)22-17-20-8-12(18)16(23-17)21-14(9-27)11-4-2-3-5-13(11)19/h2-8,14,27H,9H2,1H3,(H,24,28)(H2,20,21,22,23,25). The number of amides is 1. The van der Waals surface area contributed by atoms with E-state index in [2.05, 4.69) is 31.1 Å². The van der Waals surface area contributed by atoms with Gasteiger partial charge in [-0.15, -0.1) is 5.10 Å². The number of halogens is 2. The smallest absolute Gasteiger partial charge is 0.236 e. The lowest BCUT2D eigenvalue weighted by Crippen LogP contribution is -2.20. The van der Waals surface area contributed by atoms with Crippen molar-refractivity contribution >= 4 is 35.1 Å². The summed E-state index contributed by atoms with van der Waals surface area (Å²) in [7, 11) is 0. The van der Waals surface area contributed by atoms with E-state index in [0.29, 0.717) is 5.82 Å². The van der Waals surface area contributed by atoms with Gasteiger partial charge in [0.25, 0.3) is 0 Å². The van der Waals surface area contributed by atoms with Gasteiger partial charge in [0.1, 0.15) is 10.8 Å². The average Bonchev–Trinajstić information content (AvgIpc) is 3.09. The molecule has 1 atom stereocenters. The van der Waals surface area contributed by atoms with E-state index in [4.69, 9.17) is 11.6 Å². The van der Waals surface area contributed by atoms with Crippen LogP contribution in [-0.2, 0) is 4.79 Å². The molecular weight excluding hydrogens is 389 g/mol. The minimum Gasteiger partial charge on any atom is -0.394 e.